The van der Waals surface area contributed by atoms with Crippen molar-refractivity contribution in [2.75, 3.05) is 13.1 Å². The van der Waals surface area contributed by atoms with Crippen LogP contribution in [-0.4, -0.2) is 13.1 Å². The maximum absolute atomic E-state index is 3.63. The first-order valence-corrected chi connectivity index (χ1v) is 7.43. The molecule has 0 saturated heterocycles. The second-order valence-corrected chi connectivity index (χ2v) is 6.23. The van der Waals surface area contributed by atoms with Crippen molar-refractivity contribution in [3.05, 3.63) is 34.9 Å². The van der Waals surface area contributed by atoms with Crippen molar-refractivity contribution in [1.82, 2.24) is 5.32 Å². The monoisotopic (exact) mass is 245 g/mol. The van der Waals surface area contributed by atoms with Crippen LogP contribution in [0, 0.1) is 5.92 Å². The molecular weight excluding hydrogens is 218 g/mol. The van der Waals surface area contributed by atoms with Gasteiger partial charge in [-0.1, -0.05) is 45.9 Å². The lowest BCUT2D eigenvalue weighted by molar-refractivity contribution is 0.443. The molecule has 0 bridgehead atoms. The first-order valence-electron chi connectivity index (χ1n) is 7.43. The van der Waals surface area contributed by atoms with Crippen LogP contribution in [0.5, 0.6) is 0 Å². The summed E-state index contributed by atoms with van der Waals surface area (Å²) in [6.07, 6.45) is 2.49. The van der Waals surface area contributed by atoms with E-state index in [1.54, 1.807) is 16.7 Å². The Morgan fingerprint density at radius 2 is 1.94 bits per heavy atom. The minimum absolute atomic E-state index is 0.626. The van der Waals surface area contributed by atoms with Gasteiger partial charge in [-0.25, -0.2) is 0 Å². The molecule has 1 nitrogen and oxygen atoms in total. The molecule has 2 rings (SSSR count). The van der Waals surface area contributed by atoms with Crippen molar-refractivity contribution in [3.63, 3.8) is 0 Å². The highest BCUT2D eigenvalue weighted by molar-refractivity contribution is 5.41. The highest BCUT2D eigenvalue weighted by atomic mass is 14.9. The van der Waals surface area contributed by atoms with Gasteiger partial charge in [-0.05, 0) is 53.8 Å². The first-order chi connectivity index (χ1) is 8.61. The quantitative estimate of drug-likeness (QED) is 0.827. The Hall–Kier alpha value is -0.820. The molecule has 100 valence electrons. The molecule has 0 radical (unpaired) electrons. The molecule has 0 aliphatic carbocycles. The van der Waals surface area contributed by atoms with Crippen molar-refractivity contribution in [2.24, 2.45) is 5.92 Å². The molecule has 0 spiro atoms. The molecule has 0 aromatic heterocycles. The predicted molar refractivity (Wildman–Crippen MR) is 79.3 cm³/mol. The van der Waals surface area contributed by atoms with Crippen LogP contribution < -0.4 is 5.32 Å². The molecule has 1 aromatic rings. The van der Waals surface area contributed by atoms with E-state index in [0.29, 0.717) is 17.8 Å². The van der Waals surface area contributed by atoms with Crippen LogP contribution in [0.2, 0.25) is 0 Å². The van der Waals surface area contributed by atoms with Crippen LogP contribution in [0.15, 0.2) is 18.2 Å². The number of hydrogen-bond donors (Lipinski definition) is 1. The number of fused-ring (bicyclic) bond motifs is 1. The zero-order valence-corrected chi connectivity index (χ0v) is 12.3. The molecule has 1 heteroatoms. The summed E-state index contributed by atoms with van der Waals surface area (Å²) in [7, 11) is 0. The molecule has 0 amide bonds. The maximum atomic E-state index is 3.63. The Morgan fingerprint density at radius 3 is 2.61 bits per heavy atom. The lowest BCUT2D eigenvalue weighted by atomic mass is 9.78. The Bertz CT molecular complexity index is 393. The molecule has 1 N–H and O–H groups in total. The van der Waals surface area contributed by atoms with Gasteiger partial charge >= 0.3 is 0 Å². The summed E-state index contributed by atoms with van der Waals surface area (Å²) in [6.45, 7) is 11.6. The van der Waals surface area contributed by atoms with Gasteiger partial charge in [0.25, 0.3) is 0 Å². The number of hydrogen-bond acceptors (Lipinski definition) is 1. The fourth-order valence-electron chi connectivity index (χ4n) is 3.14. The van der Waals surface area contributed by atoms with E-state index >= 15 is 0 Å². The van der Waals surface area contributed by atoms with E-state index in [9.17, 15) is 0 Å². The molecule has 1 aliphatic rings. The maximum Gasteiger partial charge on any atom is 0.00228 e. The van der Waals surface area contributed by atoms with Crippen LogP contribution in [0.1, 0.15) is 62.6 Å². The molecule has 1 aromatic carbocycles. The fourth-order valence-corrected chi connectivity index (χ4v) is 3.14. The Labute approximate surface area is 112 Å². The number of rotatable bonds is 2. The molecule has 1 unspecified atom stereocenters. The first kappa shape index (κ1) is 13.6. The lowest BCUT2D eigenvalue weighted by Crippen LogP contribution is -2.29. The van der Waals surface area contributed by atoms with E-state index in [4.69, 9.17) is 0 Å². The summed E-state index contributed by atoms with van der Waals surface area (Å²) in [5.41, 5.74) is 4.81. The fraction of sp³-hybridized carbons (Fsp3) is 0.647. The average Bonchev–Trinajstić information content (AvgIpc) is 2.28. The van der Waals surface area contributed by atoms with E-state index < -0.39 is 0 Å². The van der Waals surface area contributed by atoms with Crippen LogP contribution in [0.3, 0.4) is 0 Å². The van der Waals surface area contributed by atoms with Gasteiger partial charge in [0, 0.05) is 6.54 Å². The third kappa shape index (κ3) is 2.77. The third-order valence-electron chi connectivity index (χ3n) is 4.19. The van der Waals surface area contributed by atoms with Crippen LogP contribution in [0.4, 0.5) is 0 Å². The van der Waals surface area contributed by atoms with Crippen LogP contribution in [-0.2, 0) is 6.42 Å². The van der Waals surface area contributed by atoms with Crippen molar-refractivity contribution >= 4 is 0 Å². The van der Waals surface area contributed by atoms with Gasteiger partial charge in [-0.2, -0.15) is 0 Å². The van der Waals surface area contributed by atoms with Crippen LogP contribution in [0.25, 0.3) is 0 Å². The van der Waals surface area contributed by atoms with Crippen LogP contribution >= 0.6 is 0 Å². The van der Waals surface area contributed by atoms with Gasteiger partial charge in [-0.15, -0.1) is 0 Å². The normalized spacial score (nSPS) is 20.7. The van der Waals surface area contributed by atoms with Crippen molar-refractivity contribution in [1.29, 1.82) is 0 Å². The number of nitrogens with one attached hydrogen (secondary N) is 1. The molecule has 1 aliphatic heterocycles. The summed E-state index contributed by atoms with van der Waals surface area (Å²) < 4.78 is 0. The summed E-state index contributed by atoms with van der Waals surface area (Å²) in [5.74, 6) is 1.99. The highest BCUT2D eigenvalue weighted by Crippen LogP contribution is 2.34. The minimum atomic E-state index is 0.626. The lowest BCUT2D eigenvalue weighted by Gasteiger charge is -2.30. The molecule has 0 fully saturated rings. The standard InChI is InChI=1S/C17H27N/c1-12(2)15-9-5-7-14-8-6-10-18-11-16(13(3)4)17(14)15/h5,7,9,12-13,16,18H,6,8,10-11H2,1-4H3. The summed E-state index contributed by atoms with van der Waals surface area (Å²) >= 11 is 0. The minimum Gasteiger partial charge on any atom is -0.316 e. The van der Waals surface area contributed by atoms with Gasteiger partial charge in [-0.3, -0.25) is 0 Å². The highest BCUT2D eigenvalue weighted by Gasteiger charge is 2.23. The number of aryl methyl sites for hydroxylation is 1. The van der Waals surface area contributed by atoms with Gasteiger partial charge < -0.3 is 5.32 Å². The molecule has 1 atom stereocenters. The Balaban J connectivity index is 2.51. The largest absolute Gasteiger partial charge is 0.316 e. The summed E-state index contributed by atoms with van der Waals surface area (Å²) in [6, 6.07) is 6.93. The van der Waals surface area contributed by atoms with Crippen molar-refractivity contribution in [3.8, 4) is 0 Å². The topological polar surface area (TPSA) is 12.0 Å². The smallest absolute Gasteiger partial charge is 0.00228 e. The SMILES string of the molecule is CC(C)c1cccc2c1C(C(C)C)CNCCC2. The summed E-state index contributed by atoms with van der Waals surface area (Å²) in [4.78, 5) is 0. The van der Waals surface area contributed by atoms with E-state index in [0.717, 1.165) is 13.1 Å². The zero-order chi connectivity index (χ0) is 13.1. The van der Waals surface area contributed by atoms with Crippen molar-refractivity contribution < 1.29 is 0 Å². The second-order valence-electron chi connectivity index (χ2n) is 6.23. The van der Waals surface area contributed by atoms with Gasteiger partial charge in [0.05, 0.1) is 0 Å². The van der Waals surface area contributed by atoms with Gasteiger partial charge in [0.15, 0.2) is 0 Å². The number of benzene rings is 1. The Kier molecular flexibility index (Phi) is 4.45. The Morgan fingerprint density at radius 1 is 1.17 bits per heavy atom. The van der Waals surface area contributed by atoms with E-state index in [2.05, 4.69) is 51.2 Å². The summed E-state index contributed by atoms with van der Waals surface area (Å²) in [5, 5.41) is 3.63. The molecule has 1 heterocycles. The second kappa shape index (κ2) is 5.88. The van der Waals surface area contributed by atoms with Crippen molar-refractivity contribution in [2.45, 2.75) is 52.4 Å². The third-order valence-corrected chi connectivity index (χ3v) is 4.19. The van der Waals surface area contributed by atoms with E-state index in [-0.39, 0.29) is 0 Å². The van der Waals surface area contributed by atoms with Gasteiger partial charge in [0.2, 0.25) is 0 Å². The zero-order valence-electron chi connectivity index (χ0n) is 12.3. The molecular formula is C17H27N. The van der Waals surface area contributed by atoms with E-state index in [1.165, 1.54) is 12.8 Å². The molecule has 0 saturated carbocycles. The molecule has 18 heavy (non-hydrogen) atoms. The van der Waals surface area contributed by atoms with Gasteiger partial charge in [0.1, 0.15) is 0 Å². The average molecular weight is 245 g/mol. The predicted octanol–water partition coefficient (Wildman–Crippen LogP) is 4.09. The van der Waals surface area contributed by atoms with E-state index in [1.807, 2.05) is 0 Å².